The topological polar surface area (TPSA) is 47.6 Å². The molecule has 14 heavy (non-hydrogen) atoms. The second-order valence-electron chi connectivity index (χ2n) is 2.45. The first-order valence-electron chi connectivity index (χ1n) is 3.93. The highest BCUT2D eigenvalue weighted by Crippen LogP contribution is 2.22. The summed E-state index contributed by atoms with van der Waals surface area (Å²) in [5, 5.41) is 0.470. The molecule has 0 saturated heterocycles. The summed E-state index contributed by atoms with van der Waals surface area (Å²) < 4.78 is 5.13. The molecule has 0 heterocycles. The van der Waals surface area contributed by atoms with E-state index in [-0.39, 0.29) is 12.5 Å². The zero-order valence-corrected chi connectivity index (χ0v) is 8.38. The smallest absolute Gasteiger partial charge is 0.281 e. The van der Waals surface area contributed by atoms with Gasteiger partial charge >= 0.3 is 0 Å². The molecule has 0 saturated carbocycles. The lowest BCUT2D eigenvalue weighted by Crippen LogP contribution is -2.27. The summed E-state index contributed by atoms with van der Waals surface area (Å²) in [5.41, 5.74) is 2.13. The van der Waals surface area contributed by atoms with Gasteiger partial charge < -0.3 is 4.74 Å². The van der Waals surface area contributed by atoms with Crippen LogP contribution >= 0.6 is 11.6 Å². The zero-order valence-electron chi connectivity index (χ0n) is 7.62. The van der Waals surface area contributed by atoms with Crippen LogP contribution in [0.2, 0.25) is 5.02 Å². The number of carbonyl (C=O) groups excluding carboxylic acids is 1. The molecule has 1 rings (SSSR count). The van der Waals surface area contributed by atoms with E-state index in [4.69, 9.17) is 16.3 Å². The SMILES string of the molecule is CONC(=O)COc1ccccc1Cl. The van der Waals surface area contributed by atoms with Gasteiger partial charge in [0.15, 0.2) is 6.61 Å². The number of benzene rings is 1. The summed E-state index contributed by atoms with van der Waals surface area (Å²) in [6.07, 6.45) is 0. The van der Waals surface area contributed by atoms with Crippen LogP contribution in [0.1, 0.15) is 0 Å². The summed E-state index contributed by atoms with van der Waals surface area (Å²) in [6.45, 7) is -0.127. The Morgan fingerprint density at radius 1 is 1.50 bits per heavy atom. The lowest BCUT2D eigenvalue weighted by atomic mass is 10.3. The van der Waals surface area contributed by atoms with Gasteiger partial charge in [0.05, 0.1) is 12.1 Å². The Bertz CT molecular complexity index is 317. The third-order valence-corrected chi connectivity index (χ3v) is 1.72. The molecule has 1 amide bonds. The van der Waals surface area contributed by atoms with Crippen LogP contribution in [0.15, 0.2) is 24.3 Å². The van der Waals surface area contributed by atoms with Crippen LogP contribution in [0.5, 0.6) is 5.75 Å². The van der Waals surface area contributed by atoms with Crippen molar-refractivity contribution < 1.29 is 14.4 Å². The molecule has 0 unspecified atom stereocenters. The van der Waals surface area contributed by atoms with E-state index in [0.29, 0.717) is 10.8 Å². The molecule has 0 aliphatic rings. The lowest BCUT2D eigenvalue weighted by molar-refractivity contribution is -0.133. The molecule has 0 aliphatic carbocycles. The van der Waals surface area contributed by atoms with Crippen LogP contribution in [0, 0.1) is 0 Å². The third-order valence-electron chi connectivity index (χ3n) is 1.41. The van der Waals surface area contributed by atoms with Crippen LogP contribution < -0.4 is 10.2 Å². The monoisotopic (exact) mass is 215 g/mol. The van der Waals surface area contributed by atoms with Crippen LogP contribution in [-0.2, 0) is 9.63 Å². The minimum Gasteiger partial charge on any atom is -0.482 e. The molecule has 0 aromatic heterocycles. The van der Waals surface area contributed by atoms with Gasteiger partial charge in [-0.15, -0.1) is 0 Å². The molecule has 0 spiro atoms. The average molecular weight is 216 g/mol. The van der Waals surface area contributed by atoms with Gasteiger partial charge in [-0.3, -0.25) is 9.63 Å². The molecular weight excluding hydrogens is 206 g/mol. The van der Waals surface area contributed by atoms with Crippen molar-refractivity contribution in [3.05, 3.63) is 29.3 Å². The minimum atomic E-state index is -0.368. The Morgan fingerprint density at radius 2 is 2.21 bits per heavy atom. The Labute approximate surface area is 86.7 Å². The summed E-state index contributed by atoms with van der Waals surface area (Å²) in [4.78, 5) is 15.3. The summed E-state index contributed by atoms with van der Waals surface area (Å²) in [6, 6.07) is 6.92. The van der Waals surface area contributed by atoms with Crippen LogP contribution in [0.4, 0.5) is 0 Å². The van der Waals surface area contributed by atoms with Crippen molar-refractivity contribution in [2.24, 2.45) is 0 Å². The molecule has 5 heteroatoms. The van der Waals surface area contributed by atoms with E-state index in [2.05, 4.69) is 10.3 Å². The maximum atomic E-state index is 10.9. The van der Waals surface area contributed by atoms with E-state index < -0.39 is 0 Å². The average Bonchev–Trinajstić information content (AvgIpc) is 2.17. The van der Waals surface area contributed by atoms with Crippen LogP contribution in [0.3, 0.4) is 0 Å². The van der Waals surface area contributed by atoms with Crippen molar-refractivity contribution in [1.29, 1.82) is 0 Å². The summed E-state index contributed by atoms with van der Waals surface area (Å²) in [7, 11) is 1.35. The first-order chi connectivity index (χ1) is 6.74. The second-order valence-corrected chi connectivity index (χ2v) is 2.86. The van der Waals surface area contributed by atoms with Crippen molar-refractivity contribution in [3.63, 3.8) is 0 Å². The summed E-state index contributed by atoms with van der Waals surface area (Å²) >= 11 is 5.80. The Kier molecular flexibility index (Phi) is 4.22. The molecular formula is C9H10ClNO3. The molecule has 76 valence electrons. The predicted molar refractivity (Wildman–Crippen MR) is 52.1 cm³/mol. The number of halogens is 1. The quantitative estimate of drug-likeness (QED) is 0.773. The fourth-order valence-corrected chi connectivity index (χ4v) is 1.04. The Hall–Kier alpha value is -1.26. The molecule has 0 fully saturated rings. The first kappa shape index (κ1) is 10.8. The molecule has 1 aromatic carbocycles. The van der Waals surface area contributed by atoms with Gasteiger partial charge in [-0.1, -0.05) is 23.7 Å². The number of hydroxylamine groups is 1. The molecule has 0 bridgehead atoms. The number of hydrogen-bond acceptors (Lipinski definition) is 3. The van der Waals surface area contributed by atoms with Crippen molar-refractivity contribution in [3.8, 4) is 5.75 Å². The lowest BCUT2D eigenvalue weighted by Gasteiger charge is -2.06. The van der Waals surface area contributed by atoms with E-state index in [9.17, 15) is 4.79 Å². The Morgan fingerprint density at radius 3 is 2.86 bits per heavy atom. The van der Waals surface area contributed by atoms with Gasteiger partial charge in [0.25, 0.3) is 5.91 Å². The standard InChI is InChI=1S/C9H10ClNO3/c1-13-11-9(12)6-14-8-5-3-2-4-7(8)10/h2-5H,6H2,1H3,(H,11,12). The van der Waals surface area contributed by atoms with Crippen LogP contribution in [0.25, 0.3) is 0 Å². The Balaban J connectivity index is 2.46. The van der Waals surface area contributed by atoms with E-state index in [0.717, 1.165) is 0 Å². The van der Waals surface area contributed by atoms with Gasteiger partial charge in [0, 0.05) is 0 Å². The highest BCUT2D eigenvalue weighted by molar-refractivity contribution is 6.32. The first-order valence-corrected chi connectivity index (χ1v) is 4.31. The third kappa shape index (κ3) is 3.24. The molecule has 1 aromatic rings. The van der Waals surface area contributed by atoms with E-state index in [1.54, 1.807) is 24.3 Å². The fourth-order valence-electron chi connectivity index (χ4n) is 0.848. The number of rotatable bonds is 4. The predicted octanol–water partition coefficient (Wildman–Crippen LogP) is 1.40. The number of ether oxygens (including phenoxy) is 1. The van der Waals surface area contributed by atoms with Gasteiger partial charge in [0.1, 0.15) is 5.75 Å². The zero-order chi connectivity index (χ0) is 10.4. The highest BCUT2D eigenvalue weighted by atomic mass is 35.5. The van der Waals surface area contributed by atoms with E-state index in [1.807, 2.05) is 0 Å². The van der Waals surface area contributed by atoms with Gasteiger partial charge in [-0.05, 0) is 12.1 Å². The number of hydrogen-bond donors (Lipinski definition) is 1. The normalized spacial score (nSPS) is 9.57. The van der Waals surface area contributed by atoms with Crippen molar-refractivity contribution in [1.82, 2.24) is 5.48 Å². The maximum absolute atomic E-state index is 10.9. The number of nitrogens with one attached hydrogen (secondary N) is 1. The molecule has 4 nitrogen and oxygen atoms in total. The minimum absolute atomic E-state index is 0.127. The van der Waals surface area contributed by atoms with Crippen LogP contribution in [-0.4, -0.2) is 19.6 Å². The van der Waals surface area contributed by atoms with Gasteiger partial charge in [-0.25, -0.2) is 5.48 Å². The fraction of sp³-hybridized carbons (Fsp3) is 0.222. The van der Waals surface area contributed by atoms with Crippen molar-refractivity contribution in [2.75, 3.05) is 13.7 Å². The molecule has 0 atom stereocenters. The molecule has 0 aliphatic heterocycles. The van der Waals surface area contributed by atoms with Crippen molar-refractivity contribution in [2.45, 2.75) is 0 Å². The van der Waals surface area contributed by atoms with E-state index in [1.165, 1.54) is 7.11 Å². The second kappa shape index (κ2) is 5.47. The molecule has 0 radical (unpaired) electrons. The van der Waals surface area contributed by atoms with Gasteiger partial charge in [-0.2, -0.15) is 0 Å². The largest absolute Gasteiger partial charge is 0.482 e. The van der Waals surface area contributed by atoms with E-state index >= 15 is 0 Å². The van der Waals surface area contributed by atoms with Crippen molar-refractivity contribution >= 4 is 17.5 Å². The number of para-hydroxylation sites is 1. The maximum Gasteiger partial charge on any atom is 0.281 e. The molecule has 1 N–H and O–H groups in total. The summed E-state index contributed by atoms with van der Waals surface area (Å²) in [5.74, 6) is 0.104. The highest BCUT2D eigenvalue weighted by Gasteiger charge is 2.03. The number of carbonyl (C=O) groups is 1. The number of amides is 1. The van der Waals surface area contributed by atoms with Gasteiger partial charge in [0.2, 0.25) is 0 Å².